The van der Waals surface area contributed by atoms with Crippen LogP contribution in [0.1, 0.15) is 26.3 Å². The van der Waals surface area contributed by atoms with E-state index in [0.717, 1.165) is 5.56 Å². The Kier molecular flexibility index (Phi) is 7.24. The van der Waals surface area contributed by atoms with E-state index in [0.29, 0.717) is 27.8 Å². The zero-order chi connectivity index (χ0) is 22.2. The molecule has 0 aliphatic carbocycles. The molecule has 0 spiro atoms. The summed E-state index contributed by atoms with van der Waals surface area (Å²) in [6.07, 6.45) is 1.48. The summed E-state index contributed by atoms with van der Waals surface area (Å²) >= 11 is 5.93. The van der Waals surface area contributed by atoms with Gasteiger partial charge in [0.1, 0.15) is 0 Å². The Morgan fingerprint density at radius 3 is 2.42 bits per heavy atom. The second-order valence-corrected chi connectivity index (χ2v) is 6.76. The van der Waals surface area contributed by atoms with Crippen molar-refractivity contribution in [3.63, 3.8) is 0 Å². The van der Waals surface area contributed by atoms with E-state index < -0.39 is 11.8 Å². The molecule has 0 bridgehead atoms. The van der Waals surface area contributed by atoms with E-state index in [1.165, 1.54) is 20.4 Å². The normalized spacial score (nSPS) is 10.5. The van der Waals surface area contributed by atoms with Crippen molar-refractivity contribution in [2.24, 2.45) is 5.10 Å². The van der Waals surface area contributed by atoms with Crippen LogP contribution in [0.4, 0.5) is 5.69 Å². The zero-order valence-corrected chi connectivity index (χ0v) is 17.6. The van der Waals surface area contributed by atoms with Crippen LogP contribution in [0.5, 0.6) is 11.5 Å². The number of amides is 2. The van der Waals surface area contributed by atoms with Crippen molar-refractivity contribution in [3.8, 4) is 11.5 Å². The van der Waals surface area contributed by atoms with Gasteiger partial charge in [0.25, 0.3) is 11.8 Å². The predicted octanol–water partition coefficient (Wildman–Crippen LogP) is 4.37. The molecule has 2 amide bonds. The number of methoxy groups -OCH3 is 2. The second kappa shape index (κ2) is 10.3. The molecule has 0 saturated carbocycles. The van der Waals surface area contributed by atoms with Crippen LogP contribution in [0.25, 0.3) is 0 Å². The summed E-state index contributed by atoms with van der Waals surface area (Å²) in [7, 11) is 3.00. The summed E-state index contributed by atoms with van der Waals surface area (Å²) in [5.74, 6) is 0.0676. The van der Waals surface area contributed by atoms with Crippen molar-refractivity contribution in [1.29, 1.82) is 0 Å². The van der Waals surface area contributed by atoms with E-state index in [2.05, 4.69) is 15.8 Å². The lowest BCUT2D eigenvalue weighted by Gasteiger charge is -2.12. The average molecular weight is 438 g/mol. The van der Waals surface area contributed by atoms with Crippen molar-refractivity contribution in [1.82, 2.24) is 5.43 Å². The summed E-state index contributed by atoms with van der Waals surface area (Å²) in [4.78, 5) is 25.3. The highest BCUT2D eigenvalue weighted by Gasteiger charge is 2.15. The predicted molar refractivity (Wildman–Crippen MR) is 120 cm³/mol. The summed E-state index contributed by atoms with van der Waals surface area (Å²) in [5, 5.41) is 7.27. The quantitative estimate of drug-likeness (QED) is 0.424. The molecular formula is C23H20ClN3O4. The number of para-hydroxylation sites is 1. The first-order chi connectivity index (χ1) is 15.0. The number of carbonyl (C=O) groups is 2. The molecule has 0 unspecified atom stereocenters. The molecule has 0 fully saturated rings. The molecule has 31 heavy (non-hydrogen) atoms. The number of ether oxygens (including phenoxy) is 2. The molecule has 0 aliphatic heterocycles. The van der Waals surface area contributed by atoms with Crippen LogP contribution < -0.4 is 20.2 Å². The van der Waals surface area contributed by atoms with Gasteiger partial charge in [-0.3, -0.25) is 9.59 Å². The number of carbonyl (C=O) groups excluding carboxylic acids is 2. The zero-order valence-electron chi connectivity index (χ0n) is 16.9. The number of hydrogen-bond acceptors (Lipinski definition) is 5. The van der Waals surface area contributed by atoms with E-state index in [9.17, 15) is 9.59 Å². The van der Waals surface area contributed by atoms with Gasteiger partial charge in [-0.25, -0.2) is 5.43 Å². The maximum absolute atomic E-state index is 12.7. The molecule has 2 N–H and O–H groups in total. The summed E-state index contributed by atoms with van der Waals surface area (Å²) in [5.41, 5.74) is 4.15. The third kappa shape index (κ3) is 5.61. The van der Waals surface area contributed by atoms with Crippen molar-refractivity contribution in [2.75, 3.05) is 19.5 Å². The smallest absolute Gasteiger partial charge is 0.273 e. The van der Waals surface area contributed by atoms with E-state index in [1.807, 2.05) is 0 Å². The van der Waals surface area contributed by atoms with Gasteiger partial charge in [0.2, 0.25) is 0 Å². The molecule has 7 nitrogen and oxygen atoms in total. The van der Waals surface area contributed by atoms with Gasteiger partial charge < -0.3 is 14.8 Å². The molecule has 8 heteroatoms. The van der Waals surface area contributed by atoms with Crippen LogP contribution in [0.3, 0.4) is 0 Å². The highest BCUT2D eigenvalue weighted by molar-refractivity contribution is 6.30. The fourth-order valence-corrected chi connectivity index (χ4v) is 2.97. The Balaban J connectivity index is 1.74. The first kappa shape index (κ1) is 21.9. The molecule has 3 rings (SSSR count). The Hall–Kier alpha value is -3.84. The Bertz CT molecular complexity index is 1130. The maximum atomic E-state index is 12.7. The van der Waals surface area contributed by atoms with Gasteiger partial charge in [0.05, 0.1) is 31.7 Å². The number of nitrogens with one attached hydrogen (secondary N) is 2. The summed E-state index contributed by atoms with van der Waals surface area (Å²) < 4.78 is 10.4. The number of benzene rings is 3. The Morgan fingerprint density at radius 2 is 1.68 bits per heavy atom. The van der Waals surface area contributed by atoms with E-state index >= 15 is 0 Å². The standard InChI is InChI=1S/C23H20ClN3O4/c1-30-20-11-10-16(13-21(20)31-2)22(28)26-19-9-4-3-8-18(19)23(29)27-25-14-15-6-5-7-17(24)12-15/h3-14H,1-2H3,(H,26,28)(H,27,29)/b25-14+. The lowest BCUT2D eigenvalue weighted by molar-refractivity contribution is 0.0956. The molecule has 0 heterocycles. The molecule has 0 aliphatic rings. The fourth-order valence-electron chi connectivity index (χ4n) is 2.77. The van der Waals surface area contributed by atoms with Gasteiger partial charge in [0.15, 0.2) is 11.5 Å². The molecule has 0 atom stereocenters. The Labute approximate surface area is 184 Å². The first-order valence-corrected chi connectivity index (χ1v) is 9.61. The van der Waals surface area contributed by atoms with Gasteiger partial charge in [-0.2, -0.15) is 5.10 Å². The van der Waals surface area contributed by atoms with Crippen LogP contribution in [0.2, 0.25) is 5.02 Å². The second-order valence-electron chi connectivity index (χ2n) is 6.32. The average Bonchev–Trinajstić information content (AvgIpc) is 2.78. The highest BCUT2D eigenvalue weighted by atomic mass is 35.5. The molecule has 158 valence electrons. The number of hydrogen-bond donors (Lipinski definition) is 2. The van der Waals surface area contributed by atoms with E-state index in [4.69, 9.17) is 21.1 Å². The topological polar surface area (TPSA) is 89.0 Å². The SMILES string of the molecule is COc1ccc(C(=O)Nc2ccccc2C(=O)N/N=C/c2cccc(Cl)c2)cc1OC. The lowest BCUT2D eigenvalue weighted by Crippen LogP contribution is -2.21. The molecule has 3 aromatic rings. The highest BCUT2D eigenvalue weighted by Crippen LogP contribution is 2.28. The van der Waals surface area contributed by atoms with Gasteiger partial charge >= 0.3 is 0 Å². The van der Waals surface area contributed by atoms with Gasteiger partial charge in [-0.05, 0) is 48.0 Å². The number of hydrazone groups is 1. The van der Waals surface area contributed by atoms with E-state index in [1.54, 1.807) is 66.7 Å². The summed E-state index contributed by atoms with van der Waals surface area (Å²) in [6.45, 7) is 0. The molecule has 0 saturated heterocycles. The number of nitrogens with zero attached hydrogens (tertiary/aromatic N) is 1. The van der Waals surface area contributed by atoms with Crippen LogP contribution >= 0.6 is 11.6 Å². The number of rotatable bonds is 7. The van der Waals surface area contributed by atoms with Gasteiger partial charge in [-0.1, -0.05) is 35.9 Å². The van der Waals surface area contributed by atoms with Gasteiger partial charge in [0, 0.05) is 10.6 Å². The minimum absolute atomic E-state index is 0.263. The van der Waals surface area contributed by atoms with Crippen molar-refractivity contribution >= 4 is 35.3 Å². The first-order valence-electron chi connectivity index (χ1n) is 9.23. The third-order valence-electron chi connectivity index (χ3n) is 4.29. The van der Waals surface area contributed by atoms with Crippen molar-refractivity contribution in [3.05, 3.63) is 88.4 Å². The number of anilines is 1. The van der Waals surface area contributed by atoms with Crippen LogP contribution in [0.15, 0.2) is 71.8 Å². The Morgan fingerprint density at radius 1 is 0.903 bits per heavy atom. The molecule has 3 aromatic carbocycles. The largest absolute Gasteiger partial charge is 0.493 e. The van der Waals surface area contributed by atoms with Gasteiger partial charge in [-0.15, -0.1) is 0 Å². The van der Waals surface area contributed by atoms with Crippen LogP contribution in [-0.4, -0.2) is 32.2 Å². The fraction of sp³-hybridized carbons (Fsp3) is 0.0870. The minimum atomic E-state index is -0.471. The maximum Gasteiger partial charge on any atom is 0.273 e. The molecular weight excluding hydrogens is 418 g/mol. The minimum Gasteiger partial charge on any atom is -0.493 e. The molecule has 0 aromatic heterocycles. The third-order valence-corrected chi connectivity index (χ3v) is 4.53. The monoisotopic (exact) mass is 437 g/mol. The van der Waals surface area contributed by atoms with Crippen molar-refractivity contribution < 1.29 is 19.1 Å². The van der Waals surface area contributed by atoms with E-state index in [-0.39, 0.29) is 5.56 Å². The molecule has 0 radical (unpaired) electrons. The number of halogens is 1. The summed E-state index contributed by atoms with van der Waals surface area (Å²) in [6, 6.07) is 18.5. The van der Waals surface area contributed by atoms with Crippen LogP contribution in [0, 0.1) is 0 Å². The van der Waals surface area contributed by atoms with Crippen molar-refractivity contribution in [2.45, 2.75) is 0 Å². The van der Waals surface area contributed by atoms with Crippen LogP contribution in [-0.2, 0) is 0 Å². The lowest BCUT2D eigenvalue weighted by atomic mass is 10.1.